The quantitative estimate of drug-likeness (QED) is 0.717. The number of rotatable bonds is 5. The molecule has 0 aliphatic carbocycles. The van der Waals surface area contributed by atoms with Crippen LogP contribution in [0.25, 0.3) is 0 Å². The van der Waals surface area contributed by atoms with E-state index in [0.717, 1.165) is 11.4 Å². The highest BCUT2D eigenvalue weighted by Gasteiger charge is 2.13. The molecule has 2 N–H and O–H groups in total. The number of carbonyl (C=O) groups excluding carboxylic acids is 1. The number of nitrogens with one attached hydrogen (secondary N) is 2. The van der Waals surface area contributed by atoms with Gasteiger partial charge in [0.2, 0.25) is 0 Å². The van der Waals surface area contributed by atoms with Crippen LogP contribution >= 0.6 is 0 Å². The largest absolute Gasteiger partial charge is 0.496 e. The maximum absolute atomic E-state index is 12.6. The average molecular weight is 318 g/mol. The zero-order chi connectivity index (χ0) is 16.8. The summed E-state index contributed by atoms with van der Waals surface area (Å²) in [6.07, 6.45) is 0. The van der Waals surface area contributed by atoms with Gasteiger partial charge in [0.05, 0.1) is 24.0 Å². The Balaban J connectivity index is 1.84. The van der Waals surface area contributed by atoms with E-state index in [2.05, 4.69) is 10.6 Å². The topological polar surface area (TPSA) is 50.4 Å². The molecule has 0 saturated heterocycles. The first kappa shape index (κ1) is 15.6. The van der Waals surface area contributed by atoms with Gasteiger partial charge in [-0.25, -0.2) is 0 Å². The minimum Gasteiger partial charge on any atom is -0.496 e. The predicted octanol–water partition coefficient (Wildman–Crippen LogP) is 4.69. The lowest BCUT2D eigenvalue weighted by Gasteiger charge is -2.14. The Morgan fingerprint density at radius 1 is 0.792 bits per heavy atom. The van der Waals surface area contributed by atoms with Gasteiger partial charge in [-0.15, -0.1) is 0 Å². The van der Waals surface area contributed by atoms with Crippen molar-refractivity contribution in [1.29, 1.82) is 0 Å². The van der Waals surface area contributed by atoms with Crippen LogP contribution in [-0.4, -0.2) is 13.0 Å². The molecule has 0 aliphatic heterocycles. The first-order valence-electron chi connectivity index (χ1n) is 7.63. The van der Waals surface area contributed by atoms with E-state index in [9.17, 15) is 4.79 Å². The Morgan fingerprint density at radius 3 is 2.17 bits per heavy atom. The van der Waals surface area contributed by atoms with E-state index in [0.29, 0.717) is 17.0 Å². The van der Waals surface area contributed by atoms with Crippen molar-refractivity contribution in [2.75, 3.05) is 17.7 Å². The minimum atomic E-state index is -0.213. The zero-order valence-electron chi connectivity index (χ0n) is 13.3. The number of ether oxygens (including phenoxy) is 1. The molecule has 4 heteroatoms. The molecular weight excluding hydrogens is 300 g/mol. The third kappa shape index (κ3) is 3.55. The van der Waals surface area contributed by atoms with Crippen LogP contribution < -0.4 is 15.4 Å². The van der Waals surface area contributed by atoms with Crippen LogP contribution in [0.2, 0.25) is 0 Å². The van der Waals surface area contributed by atoms with E-state index in [4.69, 9.17) is 4.74 Å². The van der Waals surface area contributed by atoms with Crippen molar-refractivity contribution in [3.05, 3.63) is 84.4 Å². The van der Waals surface area contributed by atoms with E-state index < -0.39 is 0 Å². The summed E-state index contributed by atoms with van der Waals surface area (Å²) in [7, 11) is 1.55. The summed E-state index contributed by atoms with van der Waals surface area (Å²) in [6, 6.07) is 24.5. The molecule has 0 aliphatic rings. The molecule has 0 heterocycles. The minimum absolute atomic E-state index is 0.213. The van der Waals surface area contributed by atoms with Gasteiger partial charge in [-0.2, -0.15) is 0 Å². The Hall–Kier alpha value is -3.27. The normalized spacial score (nSPS) is 10.0. The van der Waals surface area contributed by atoms with Crippen molar-refractivity contribution in [1.82, 2.24) is 0 Å². The molecule has 0 unspecified atom stereocenters. The zero-order valence-corrected chi connectivity index (χ0v) is 13.3. The Kier molecular flexibility index (Phi) is 4.77. The van der Waals surface area contributed by atoms with Crippen molar-refractivity contribution >= 4 is 23.0 Å². The van der Waals surface area contributed by atoms with Crippen LogP contribution in [0.4, 0.5) is 17.1 Å². The fourth-order valence-electron chi connectivity index (χ4n) is 2.40. The lowest BCUT2D eigenvalue weighted by atomic mass is 10.1. The summed E-state index contributed by atoms with van der Waals surface area (Å²) < 4.78 is 5.25. The number of benzene rings is 3. The van der Waals surface area contributed by atoms with Crippen molar-refractivity contribution in [2.24, 2.45) is 0 Å². The summed E-state index contributed by atoms with van der Waals surface area (Å²) in [5.74, 6) is 0.332. The van der Waals surface area contributed by atoms with Crippen LogP contribution in [-0.2, 0) is 0 Å². The molecule has 1 amide bonds. The van der Waals surface area contributed by atoms with Crippen LogP contribution in [0.5, 0.6) is 5.75 Å². The third-order valence-corrected chi connectivity index (χ3v) is 3.58. The van der Waals surface area contributed by atoms with E-state index in [1.165, 1.54) is 0 Å². The molecule has 0 saturated carbocycles. The summed E-state index contributed by atoms with van der Waals surface area (Å²) in [5.41, 5.74) is 2.98. The van der Waals surface area contributed by atoms with Crippen molar-refractivity contribution in [3.63, 3.8) is 0 Å². The number of carbonyl (C=O) groups is 1. The van der Waals surface area contributed by atoms with Gasteiger partial charge in [0.15, 0.2) is 0 Å². The summed E-state index contributed by atoms with van der Waals surface area (Å²) in [5, 5.41) is 6.25. The Bertz CT molecular complexity index is 832. The molecule has 0 fully saturated rings. The van der Waals surface area contributed by atoms with Gasteiger partial charge in [0.25, 0.3) is 5.91 Å². The van der Waals surface area contributed by atoms with Gasteiger partial charge in [-0.05, 0) is 36.4 Å². The first-order chi connectivity index (χ1) is 11.8. The van der Waals surface area contributed by atoms with Gasteiger partial charge in [0, 0.05) is 5.69 Å². The van der Waals surface area contributed by atoms with E-state index in [-0.39, 0.29) is 5.91 Å². The highest BCUT2D eigenvalue weighted by Crippen LogP contribution is 2.26. The van der Waals surface area contributed by atoms with Crippen LogP contribution in [0.1, 0.15) is 10.4 Å². The molecule has 120 valence electrons. The third-order valence-electron chi connectivity index (χ3n) is 3.58. The predicted molar refractivity (Wildman–Crippen MR) is 97.1 cm³/mol. The van der Waals surface area contributed by atoms with Crippen molar-refractivity contribution < 1.29 is 9.53 Å². The molecule has 0 bridgehead atoms. The van der Waals surface area contributed by atoms with Gasteiger partial charge < -0.3 is 15.4 Å². The standard InChI is InChI=1S/C20H18N2O2/c1-24-19-14-8-5-11-16(19)20(23)22-18-13-7-6-12-17(18)21-15-9-3-2-4-10-15/h2-14,21H,1H3,(H,22,23). The van der Waals surface area contributed by atoms with Gasteiger partial charge in [-0.3, -0.25) is 4.79 Å². The molecule has 3 aromatic rings. The maximum atomic E-state index is 12.6. The number of para-hydroxylation sites is 4. The van der Waals surface area contributed by atoms with Crippen LogP contribution in [0.3, 0.4) is 0 Å². The highest BCUT2D eigenvalue weighted by molar-refractivity contribution is 6.07. The molecule has 3 rings (SSSR count). The lowest BCUT2D eigenvalue weighted by molar-refractivity contribution is 0.102. The molecule has 0 atom stereocenters. The molecule has 0 spiro atoms. The van der Waals surface area contributed by atoms with Crippen LogP contribution in [0.15, 0.2) is 78.9 Å². The van der Waals surface area contributed by atoms with E-state index in [1.54, 1.807) is 19.2 Å². The summed E-state index contributed by atoms with van der Waals surface area (Å²) in [4.78, 5) is 12.6. The van der Waals surface area contributed by atoms with Crippen molar-refractivity contribution in [3.8, 4) is 5.75 Å². The van der Waals surface area contributed by atoms with Crippen LogP contribution in [0, 0.1) is 0 Å². The second kappa shape index (κ2) is 7.33. The second-order valence-electron chi connectivity index (χ2n) is 5.19. The molecule has 24 heavy (non-hydrogen) atoms. The van der Waals surface area contributed by atoms with E-state index in [1.807, 2.05) is 66.7 Å². The van der Waals surface area contributed by atoms with E-state index >= 15 is 0 Å². The molecule has 3 aromatic carbocycles. The van der Waals surface area contributed by atoms with Gasteiger partial charge in [0.1, 0.15) is 5.75 Å². The summed E-state index contributed by atoms with van der Waals surface area (Å²) in [6.45, 7) is 0. The highest BCUT2D eigenvalue weighted by atomic mass is 16.5. The molecule has 0 aromatic heterocycles. The average Bonchev–Trinajstić information content (AvgIpc) is 2.64. The van der Waals surface area contributed by atoms with Gasteiger partial charge >= 0.3 is 0 Å². The van der Waals surface area contributed by atoms with Crippen molar-refractivity contribution in [2.45, 2.75) is 0 Å². The molecular formula is C20H18N2O2. The summed E-state index contributed by atoms with van der Waals surface area (Å²) >= 11 is 0. The number of hydrogen-bond acceptors (Lipinski definition) is 3. The molecule has 4 nitrogen and oxygen atoms in total. The first-order valence-corrected chi connectivity index (χ1v) is 7.63. The maximum Gasteiger partial charge on any atom is 0.259 e. The monoisotopic (exact) mass is 318 g/mol. The number of hydrogen-bond donors (Lipinski definition) is 2. The number of anilines is 3. The van der Waals surface area contributed by atoms with Gasteiger partial charge in [-0.1, -0.05) is 42.5 Å². The Morgan fingerprint density at radius 2 is 1.42 bits per heavy atom. The fourth-order valence-corrected chi connectivity index (χ4v) is 2.40. The number of amides is 1. The molecule has 0 radical (unpaired) electrons. The number of methoxy groups -OCH3 is 1. The Labute approximate surface area is 141 Å². The smallest absolute Gasteiger partial charge is 0.259 e. The fraction of sp³-hybridized carbons (Fsp3) is 0.0500. The second-order valence-corrected chi connectivity index (χ2v) is 5.19. The lowest BCUT2D eigenvalue weighted by Crippen LogP contribution is -2.14. The SMILES string of the molecule is COc1ccccc1C(=O)Nc1ccccc1Nc1ccccc1.